The van der Waals surface area contributed by atoms with Gasteiger partial charge in [0, 0.05) is 27.4 Å². The van der Waals surface area contributed by atoms with Crippen LogP contribution < -0.4 is 5.32 Å². The Morgan fingerprint density at radius 3 is 3.00 bits per heavy atom. The van der Waals surface area contributed by atoms with E-state index in [1.54, 1.807) is 0 Å². The molecule has 1 N–H and O–H groups in total. The molecule has 0 spiro atoms. The summed E-state index contributed by atoms with van der Waals surface area (Å²) in [6.45, 7) is 6.38. The Morgan fingerprint density at radius 2 is 2.47 bits per heavy atom. The van der Waals surface area contributed by atoms with Crippen molar-refractivity contribution in [2.24, 2.45) is 5.92 Å². The Hall–Kier alpha value is 0.1000. The molecule has 1 aromatic heterocycles. The van der Waals surface area contributed by atoms with Crippen LogP contribution in [0.2, 0.25) is 0 Å². The summed E-state index contributed by atoms with van der Waals surface area (Å²) in [6, 6.07) is 2.66. The van der Waals surface area contributed by atoms with Gasteiger partial charge in [-0.3, -0.25) is 0 Å². The highest BCUT2D eigenvalue weighted by atomic mass is 79.9. The predicted molar refractivity (Wildman–Crippen MR) is 76.7 cm³/mol. The van der Waals surface area contributed by atoms with E-state index in [2.05, 4.69) is 46.5 Å². The van der Waals surface area contributed by atoms with Crippen LogP contribution in [0.25, 0.3) is 0 Å². The van der Waals surface area contributed by atoms with Crippen molar-refractivity contribution in [3.05, 3.63) is 20.8 Å². The van der Waals surface area contributed by atoms with Crippen LogP contribution in [0, 0.1) is 5.92 Å². The third-order valence-electron chi connectivity index (χ3n) is 3.35. The first-order chi connectivity index (χ1) is 8.20. The van der Waals surface area contributed by atoms with Gasteiger partial charge in [0.1, 0.15) is 0 Å². The standard InChI is InChI=1S/C13H20BrNOS/c1-3-15-12(13-9(2)4-5-16-13)7-11-6-10(14)8-17-11/h6,8-9,12-13,15H,3-5,7H2,1-2H3. The van der Waals surface area contributed by atoms with Gasteiger partial charge in [-0.1, -0.05) is 13.8 Å². The van der Waals surface area contributed by atoms with Gasteiger partial charge in [0.2, 0.25) is 0 Å². The van der Waals surface area contributed by atoms with Gasteiger partial charge in [-0.05, 0) is 47.3 Å². The average molecular weight is 318 g/mol. The van der Waals surface area contributed by atoms with E-state index in [0.29, 0.717) is 18.1 Å². The lowest BCUT2D eigenvalue weighted by atomic mass is 9.95. The summed E-state index contributed by atoms with van der Waals surface area (Å²) in [5.41, 5.74) is 0. The maximum atomic E-state index is 5.89. The zero-order valence-electron chi connectivity index (χ0n) is 10.4. The van der Waals surface area contributed by atoms with Crippen molar-refractivity contribution in [2.75, 3.05) is 13.2 Å². The van der Waals surface area contributed by atoms with Crippen molar-refractivity contribution in [1.82, 2.24) is 5.32 Å². The molecule has 3 unspecified atom stereocenters. The zero-order valence-corrected chi connectivity index (χ0v) is 12.8. The van der Waals surface area contributed by atoms with Crippen LogP contribution in [0.4, 0.5) is 0 Å². The van der Waals surface area contributed by atoms with Gasteiger partial charge in [0.25, 0.3) is 0 Å². The van der Waals surface area contributed by atoms with E-state index in [9.17, 15) is 0 Å². The van der Waals surface area contributed by atoms with Crippen LogP contribution in [0.3, 0.4) is 0 Å². The maximum absolute atomic E-state index is 5.89. The van der Waals surface area contributed by atoms with Crippen molar-refractivity contribution in [3.63, 3.8) is 0 Å². The first-order valence-corrected chi connectivity index (χ1v) is 7.96. The molecule has 0 bridgehead atoms. The monoisotopic (exact) mass is 317 g/mol. The normalized spacial score (nSPS) is 26.3. The van der Waals surface area contributed by atoms with Gasteiger partial charge >= 0.3 is 0 Å². The van der Waals surface area contributed by atoms with E-state index in [1.807, 2.05) is 11.3 Å². The van der Waals surface area contributed by atoms with Crippen LogP contribution in [-0.2, 0) is 11.2 Å². The summed E-state index contributed by atoms with van der Waals surface area (Å²) in [7, 11) is 0. The quantitative estimate of drug-likeness (QED) is 0.898. The highest BCUT2D eigenvalue weighted by Gasteiger charge is 2.31. The van der Waals surface area contributed by atoms with Gasteiger partial charge in [0.15, 0.2) is 0 Å². The van der Waals surface area contributed by atoms with Crippen LogP contribution in [0.5, 0.6) is 0 Å². The molecule has 1 fully saturated rings. The number of halogens is 1. The van der Waals surface area contributed by atoms with E-state index in [4.69, 9.17) is 4.74 Å². The minimum Gasteiger partial charge on any atom is -0.376 e. The first-order valence-electron chi connectivity index (χ1n) is 6.28. The van der Waals surface area contributed by atoms with E-state index in [-0.39, 0.29) is 0 Å². The lowest BCUT2D eigenvalue weighted by Gasteiger charge is -2.26. The van der Waals surface area contributed by atoms with E-state index in [0.717, 1.165) is 19.6 Å². The van der Waals surface area contributed by atoms with Gasteiger partial charge < -0.3 is 10.1 Å². The molecule has 2 heterocycles. The molecule has 1 saturated heterocycles. The van der Waals surface area contributed by atoms with Crippen molar-refractivity contribution in [3.8, 4) is 0 Å². The average Bonchev–Trinajstić information content (AvgIpc) is 2.87. The van der Waals surface area contributed by atoms with Crippen molar-refractivity contribution >= 4 is 27.3 Å². The molecule has 2 rings (SSSR count). The van der Waals surface area contributed by atoms with Crippen LogP contribution in [0.1, 0.15) is 25.1 Å². The number of nitrogens with one attached hydrogen (secondary N) is 1. The number of likely N-dealkylation sites (N-methyl/N-ethyl adjacent to an activating group) is 1. The highest BCUT2D eigenvalue weighted by Crippen LogP contribution is 2.27. The summed E-state index contributed by atoms with van der Waals surface area (Å²) in [5, 5.41) is 5.73. The second kappa shape index (κ2) is 6.32. The van der Waals surface area contributed by atoms with Crippen molar-refractivity contribution in [2.45, 2.75) is 38.8 Å². The second-order valence-corrected chi connectivity index (χ2v) is 6.61. The summed E-state index contributed by atoms with van der Waals surface area (Å²) >= 11 is 5.34. The molecule has 3 atom stereocenters. The molecule has 2 nitrogen and oxygen atoms in total. The molecule has 1 aromatic rings. The Balaban J connectivity index is 2.01. The summed E-state index contributed by atoms with van der Waals surface area (Å²) in [5.74, 6) is 0.669. The summed E-state index contributed by atoms with van der Waals surface area (Å²) in [6.07, 6.45) is 2.63. The molecule has 1 aliphatic rings. The maximum Gasteiger partial charge on any atom is 0.0757 e. The Kier molecular flexibility index (Phi) is 5.03. The Bertz CT molecular complexity index is 355. The second-order valence-electron chi connectivity index (χ2n) is 4.70. The highest BCUT2D eigenvalue weighted by molar-refractivity contribution is 9.10. The minimum atomic E-state index is 0.371. The molecule has 0 radical (unpaired) electrons. The molecule has 4 heteroatoms. The number of hydrogen-bond donors (Lipinski definition) is 1. The molecular formula is C13H20BrNOS. The van der Waals surface area contributed by atoms with Gasteiger partial charge in [-0.15, -0.1) is 11.3 Å². The third-order valence-corrected chi connectivity index (χ3v) is 5.07. The fourth-order valence-corrected chi connectivity index (χ4v) is 3.99. The Labute approximate surface area is 116 Å². The summed E-state index contributed by atoms with van der Waals surface area (Å²) < 4.78 is 7.08. The largest absolute Gasteiger partial charge is 0.376 e. The number of hydrogen-bond acceptors (Lipinski definition) is 3. The molecule has 96 valence electrons. The van der Waals surface area contributed by atoms with E-state index >= 15 is 0 Å². The first kappa shape index (κ1) is 13.5. The fraction of sp³-hybridized carbons (Fsp3) is 0.692. The molecule has 0 saturated carbocycles. The summed E-state index contributed by atoms with van der Waals surface area (Å²) in [4.78, 5) is 1.42. The minimum absolute atomic E-state index is 0.371. The number of ether oxygens (including phenoxy) is 1. The van der Waals surface area contributed by atoms with Gasteiger partial charge in [0.05, 0.1) is 6.10 Å². The topological polar surface area (TPSA) is 21.3 Å². The van der Waals surface area contributed by atoms with Gasteiger partial charge in [-0.25, -0.2) is 0 Å². The SMILES string of the molecule is CCNC(Cc1cc(Br)cs1)C1OCCC1C. The van der Waals surface area contributed by atoms with Gasteiger partial charge in [-0.2, -0.15) is 0 Å². The van der Waals surface area contributed by atoms with Crippen molar-refractivity contribution < 1.29 is 4.74 Å². The van der Waals surface area contributed by atoms with Crippen LogP contribution >= 0.6 is 27.3 Å². The predicted octanol–water partition coefficient (Wildman–Crippen LogP) is 3.46. The molecular weight excluding hydrogens is 298 g/mol. The van der Waals surface area contributed by atoms with E-state index in [1.165, 1.54) is 15.8 Å². The van der Waals surface area contributed by atoms with Crippen molar-refractivity contribution in [1.29, 1.82) is 0 Å². The number of rotatable bonds is 5. The lowest BCUT2D eigenvalue weighted by Crippen LogP contribution is -2.43. The zero-order chi connectivity index (χ0) is 12.3. The molecule has 1 aliphatic heterocycles. The molecule has 0 aliphatic carbocycles. The molecule has 17 heavy (non-hydrogen) atoms. The van der Waals surface area contributed by atoms with E-state index < -0.39 is 0 Å². The molecule has 0 amide bonds. The van der Waals surface area contributed by atoms with Crippen LogP contribution in [-0.4, -0.2) is 25.3 Å². The smallest absolute Gasteiger partial charge is 0.0757 e. The fourth-order valence-electron chi connectivity index (χ4n) is 2.48. The van der Waals surface area contributed by atoms with Crippen LogP contribution in [0.15, 0.2) is 15.9 Å². The third kappa shape index (κ3) is 3.53. The number of thiophene rings is 1. The molecule has 0 aromatic carbocycles. The Morgan fingerprint density at radius 1 is 1.65 bits per heavy atom. The lowest BCUT2D eigenvalue weighted by molar-refractivity contribution is 0.0617.